The summed E-state index contributed by atoms with van der Waals surface area (Å²) < 4.78 is 0.742. The minimum Gasteiger partial charge on any atom is -0.388 e. The highest BCUT2D eigenvalue weighted by Gasteiger charge is 2.17. The van der Waals surface area contributed by atoms with E-state index in [0.29, 0.717) is 13.0 Å². The summed E-state index contributed by atoms with van der Waals surface area (Å²) in [6.45, 7) is 4.22. The molecule has 2 N–H and O–H groups in total. The van der Waals surface area contributed by atoms with Gasteiger partial charge in [0.2, 0.25) is 5.13 Å². The average molecular weight is 266 g/mol. The van der Waals surface area contributed by atoms with Crippen LogP contribution in [-0.2, 0) is 0 Å². The Morgan fingerprint density at radius 1 is 1.62 bits per heavy atom. The molecule has 0 aromatic carbocycles. The number of halogens is 1. The van der Waals surface area contributed by atoms with Crippen molar-refractivity contribution in [3.63, 3.8) is 0 Å². The SMILES string of the molecule is CCC(C)(O)CNc1nnc(Br)s1. The van der Waals surface area contributed by atoms with Crippen LogP contribution in [0.25, 0.3) is 0 Å². The van der Waals surface area contributed by atoms with Gasteiger partial charge in [-0.1, -0.05) is 18.3 Å². The topological polar surface area (TPSA) is 58.0 Å². The second kappa shape index (κ2) is 4.34. The second-order valence-electron chi connectivity index (χ2n) is 3.06. The maximum atomic E-state index is 9.67. The highest BCUT2D eigenvalue weighted by Crippen LogP contribution is 2.20. The van der Waals surface area contributed by atoms with Crippen LogP contribution in [0.3, 0.4) is 0 Å². The minimum absolute atomic E-state index is 0.491. The van der Waals surface area contributed by atoms with Crippen LogP contribution < -0.4 is 5.32 Å². The van der Waals surface area contributed by atoms with Crippen LogP contribution >= 0.6 is 27.3 Å². The Labute approximate surface area is 89.5 Å². The van der Waals surface area contributed by atoms with Gasteiger partial charge in [0, 0.05) is 6.54 Å². The van der Waals surface area contributed by atoms with Gasteiger partial charge in [0.25, 0.3) is 0 Å². The highest BCUT2D eigenvalue weighted by atomic mass is 79.9. The number of nitrogens with zero attached hydrogens (tertiary/aromatic N) is 2. The number of anilines is 1. The van der Waals surface area contributed by atoms with Crippen LogP contribution in [0, 0.1) is 0 Å². The van der Waals surface area contributed by atoms with Gasteiger partial charge in [-0.2, -0.15) is 0 Å². The van der Waals surface area contributed by atoms with E-state index in [1.165, 1.54) is 11.3 Å². The zero-order valence-corrected chi connectivity index (χ0v) is 9.94. The lowest BCUT2D eigenvalue weighted by molar-refractivity contribution is 0.0697. The zero-order chi connectivity index (χ0) is 9.90. The molecular formula is C7H12BrN3OS. The van der Waals surface area contributed by atoms with Crippen LogP contribution in [0.1, 0.15) is 20.3 Å². The van der Waals surface area contributed by atoms with E-state index in [1.54, 1.807) is 6.92 Å². The van der Waals surface area contributed by atoms with E-state index < -0.39 is 5.60 Å². The van der Waals surface area contributed by atoms with Gasteiger partial charge in [0.15, 0.2) is 3.92 Å². The highest BCUT2D eigenvalue weighted by molar-refractivity contribution is 9.11. The smallest absolute Gasteiger partial charge is 0.206 e. The molecule has 0 aliphatic rings. The Morgan fingerprint density at radius 2 is 2.31 bits per heavy atom. The molecule has 0 fully saturated rings. The number of aromatic nitrogens is 2. The van der Waals surface area contributed by atoms with Crippen LogP contribution in [-0.4, -0.2) is 27.4 Å². The molecule has 1 rings (SSSR count). The first-order valence-electron chi connectivity index (χ1n) is 3.99. The lowest BCUT2D eigenvalue weighted by atomic mass is 10.0. The molecule has 1 unspecified atom stereocenters. The first kappa shape index (κ1) is 10.9. The molecule has 1 heterocycles. The summed E-state index contributed by atoms with van der Waals surface area (Å²) in [5, 5.41) is 21.1. The first-order chi connectivity index (χ1) is 6.03. The van der Waals surface area contributed by atoms with Gasteiger partial charge in [-0.25, -0.2) is 0 Å². The van der Waals surface area contributed by atoms with E-state index in [-0.39, 0.29) is 0 Å². The van der Waals surface area contributed by atoms with Crippen LogP contribution in [0.5, 0.6) is 0 Å². The van der Waals surface area contributed by atoms with Gasteiger partial charge >= 0.3 is 0 Å². The van der Waals surface area contributed by atoms with Gasteiger partial charge in [-0.3, -0.25) is 0 Å². The Hall–Kier alpha value is -0.200. The maximum absolute atomic E-state index is 9.67. The zero-order valence-electron chi connectivity index (χ0n) is 7.54. The Kier molecular flexibility index (Phi) is 3.63. The van der Waals surface area contributed by atoms with Gasteiger partial charge in [0.1, 0.15) is 0 Å². The third-order valence-electron chi connectivity index (χ3n) is 1.78. The lowest BCUT2D eigenvalue weighted by Gasteiger charge is -2.20. The molecule has 0 spiro atoms. The van der Waals surface area contributed by atoms with Crippen molar-refractivity contribution in [2.75, 3.05) is 11.9 Å². The molecule has 1 aromatic heterocycles. The fourth-order valence-electron chi connectivity index (χ4n) is 0.668. The van der Waals surface area contributed by atoms with Crippen molar-refractivity contribution in [3.05, 3.63) is 3.92 Å². The summed E-state index contributed by atoms with van der Waals surface area (Å²) in [5.41, 5.74) is -0.682. The van der Waals surface area contributed by atoms with Crippen molar-refractivity contribution in [1.29, 1.82) is 0 Å². The van der Waals surface area contributed by atoms with Crippen molar-refractivity contribution < 1.29 is 5.11 Å². The van der Waals surface area contributed by atoms with E-state index in [1.807, 2.05) is 6.92 Å². The number of rotatable bonds is 4. The number of hydrogen-bond acceptors (Lipinski definition) is 5. The third kappa shape index (κ3) is 3.58. The summed E-state index contributed by atoms with van der Waals surface area (Å²) in [6, 6.07) is 0. The molecule has 0 aliphatic carbocycles. The molecular weight excluding hydrogens is 254 g/mol. The van der Waals surface area contributed by atoms with Crippen LogP contribution in [0.4, 0.5) is 5.13 Å². The minimum atomic E-state index is -0.682. The van der Waals surface area contributed by atoms with Crippen molar-refractivity contribution in [1.82, 2.24) is 10.2 Å². The molecule has 0 bridgehead atoms. The van der Waals surface area contributed by atoms with Crippen molar-refractivity contribution in [2.24, 2.45) is 0 Å². The summed E-state index contributed by atoms with van der Waals surface area (Å²) in [7, 11) is 0. The van der Waals surface area contributed by atoms with E-state index in [4.69, 9.17) is 0 Å². The first-order valence-corrected chi connectivity index (χ1v) is 5.60. The number of hydrogen-bond donors (Lipinski definition) is 2. The largest absolute Gasteiger partial charge is 0.388 e. The van der Waals surface area contributed by atoms with Gasteiger partial charge in [-0.15, -0.1) is 10.2 Å². The molecule has 1 atom stereocenters. The van der Waals surface area contributed by atoms with Crippen molar-refractivity contribution in [3.8, 4) is 0 Å². The average Bonchev–Trinajstić information content (AvgIpc) is 2.48. The van der Waals surface area contributed by atoms with Crippen molar-refractivity contribution in [2.45, 2.75) is 25.9 Å². The van der Waals surface area contributed by atoms with Crippen LogP contribution in [0.15, 0.2) is 3.92 Å². The van der Waals surface area contributed by atoms with Gasteiger partial charge < -0.3 is 10.4 Å². The standard InChI is InChI=1S/C7H12BrN3OS/c1-3-7(2,12)4-9-6-11-10-5(8)13-6/h12H,3-4H2,1-2H3,(H,9,11). The number of nitrogens with one attached hydrogen (secondary N) is 1. The fourth-order valence-corrected chi connectivity index (χ4v) is 1.67. The molecule has 74 valence electrons. The second-order valence-corrected chi connectivity index (χ2v) is 5.32. The van der Waals surface area contributed by atoms with Crippen molar-refractivity contribution >= 4 is 32.4 Å². The maximum Gasteiger partial charge on any atom is 0.206 e. The Balaban J connectivity index is 2.43. The van der Waals surface area contributed by atoms with E-state index in [0.717, 1.165) is 9.05 Å². The molecule has 4 nitrogen and oxygen atoms in total. The Morgan fingerprint density at radius 3 is 2.77 bits per heavy atom. The normalized spacial score (nSPS) is 15.4. The Bertz CT molecular complexity index is 276. The molecule has 0 radical (unpaired) electrons. The monoisotopic (exact) mass is 265 g/mol. The summed E-state index contributed by atoms with van der Waals surface area (Å²) in [5.74, 6) is 0. The molecule has 0 aliphatic heterocycles. The molecule has 1 aromatic rings. The predicted octanol–water partition coefficient (Wildman–Crippen LogP) is 1.87. The van der Waals surface area contributed by atoms with Gasteiger partial charge in [0.05, 0.1) is 5.60 Å². The van der Waals surface area contributed by atoms with E-state index in [2.05, 4.69) is 31.4 Å². The summed E-state index contributed by atoms with van der Waals surface area (Å²) in [6.07, 6.45) is 0.708. The molecule has 0 amide bonds. The summed E-state index contributed by atoms with van der Waals surface area (Å²) in [4.78, 5) is 0. The molecule has 0 saturated heterocycles. The van der Waals surface area contributed by atoms with Crippen LogP contribution in [0.2, 0.25) is 0 Å². The third-order valence-corrected chi connectivity index (χ3v) is 3.10. The molecule has 13 heavy (non-hydrogen) atoms. The van der Waals surface area contributed by atoms with E-state index >= 15 is 0 Å². The number of aliphatic hydroxyl groups is 1. The molecule has 6 heteroatoms. The quantitative estimate of drug-likeness (QED) is 0.873. The fraction of sp³-hybridized carbons (Fsp3) is 0.714. The summed E-state index contributed by atoms with van der Waals surface area (Å²) >= 11 is 4.62. The lowest BCUT2D eigenvalue weighted by Crippen LogP contribution is -2.32. The van der Waals surface area contributed by atoms with E-state index in [9.17, 15) is 5.11 Å². The molecule has 0 saturated carbocycles. The van der Waals surface area contributed by atoms with Gasteiger partial charge in [-0.05, 0) is 29.3 Å². The predicted molar refractivity (Wildman–Crippen MR) is 57.0 cm³/mol.